The van der Waals surface area contributed by atoms with Crippen LogP contribution in [0.5, 0.6) is 0 Å². The van der Waals surface area contributed by atoms with Crippen molar-refractivity contribution < 1.29 is 18.7 Å². The van der Waals surface area contributed by atoms with E-state index in [1.807, 2.05) is 12.1 Å². The molecule has 1 atom stereocenters. The summed E-state index contributed by atoms with van der Waals surface area (Å²) in [5.74, 6) is -2.62. The first-order chi connectivity index (χ1) is 19.7. The van der Waals surface area contributed by atoms with E-state index in [2.05, 4.69) is 11.1 Å². The summed E-state index contributed by atoms with van der Waals surface area (Å²) in [6.07, 6.45) is 0. The Balaban J connectivity index is 1.86. The number of nitrogen functional groups attached to an aromatic ring is 1. The summed E-state index contributed by atoms with van der Waals surface area (Å²) >= 11 is 7.46. The third kappa shape index (κ3) is 5.66. The molecule has 0 unspecified atom stereocenters. The first-order valence-corrected chi connectivity index (χ1v) is 13.4. The summed E-state index contributed by atoms with van der Waals surface area (Å²) in [7, 11) is 0. The Kier molecular flexibility index (Phi) is 8.79. The smallest absolute Gasteiger partial charge is 0.338 e. The number of carbonyl (C=O) groups excluding carboxylic acids is 1. The van der Waals surface area contributed by atoms with Gasteiger partial charge in [-0.1, -0.05) is 53.7 Å². The number of nitriles is 3. The molecule has 2 aromatic carbocycles. The largest absolute Gasteiger partial charge is 0.463 e. The number of nitrogens with zero attached hydrogens (tertiary/aromatic N) is 4. The van der Waals surface area contributed by atoms with Crippen LogP contribution in [0.4, 0.5) is 10.2 Å². The van der Waals surface area contributed by atoms with Crippen LogP contribution < -0.4 is 11.5 Å². The van der Waals surface area contributed by atoms with Gasteiger partial charge in [0, 0.05) is 10.6 Å². The van der Waals surface area contributed by atoms with Gasteiger partial charge in [0.05, 0.1) is 29.4 Å². The lowest BCUT2D eigenvalue weighted by atomic mass is 9.83. The molecule has 0 amide bonds. The number of esters is 1. The minimum atomic E-state index is -0.985. The predicted molar refractivity (Wildman–Crippen MR) is 150 cm³/mol. The third-order valence-corrected chi connectivity index (χ3v) is 7.42. The van der Waals surface area contributed by atoms with Gasteiger partial charge in [-0.3, -0.25) is 0 Å². The molecular formula is C29H20ClFN6O3S. The zero-order valence-electron chi connectivity index (χ0n) is 21.4. The number of nitrogens with two attached hydrogens (primary N) is 2. The summed E-state index contributed by atoms with van der Waals surface area (Å²) in [5, 5.41) is 30.2. The number of rotatable bonds is 7. The Bertz CT molecular complexity index is 1740. The van der Waals surface area contributed by atoms with Crippen molar-refractivity contribution in [2.24, 2.45) is 5.73 Å². The number of aromatic nitrogens is 1. The van der Waals surface area contributed by atoms with E-state index >= 15 is 0 Å². The average Bonchev–Trinajstić information content (AvgIpc) is 2.96. The van der Waals surface area contributed by atoms with Crippen molar-refractivity contribution in [3.8, 4) is 29.3 Å². The molecule has 41 heavy (non-hydrogen) atoms. The number of anilines is 1. The molecule has 2 heterocycles. The second-order valence-electron chi connectivity index (χ2n) is 8.45. The van der Waals surface area contributed by atoms with Crippen LogP contribution in [0, 0.1) is 39.8 Å². The molecule has 0 fully saturated rings. The van der Waals surface area contributed by atoms with Gasteiger partial charge in [0.2, 0.25) is 5.88 Å². The second kappa shape index (κ2) is 12.4. The highest BCUT2D eigenvalue weighted by Crippen LogP contribution is 2.44. The molecule has 204 valence electrons. The van der Waals surface area contributed by atoms with Crippen molar-refractivity contribution in [2.45, 2.75) is 17.9 Å². The SMILES string of the molecule is CCOC(=O)C1=C(CSc2nc(N)c(C#N)c(-c3ccc(F)cc3)c2C#N)OC(N)=C(C#N)[C@H]1c1ccccc1Cl. The van der Waals surface area contributed by atoms with Crippen molar-refractivity contribution in [1.29, 1.82) is 15.8 Å². The van der Waals surface area contributed by atoms with Crippen molar-refractivity contribution in [1.82, 2.24) is 4.98 Å². The molecule has 0 spiro atoms. The van der Waals surface area contributed by atoms with Gasteiger partial charge in [0.15, 0.2) is 0 Å². The van der Waals surface area contributed by atoms with E-state index in [0.717, 1.165) is 11.8 Å². The highest BCUT2D eigenvalue weighted by Gasteiger charge is 2.38. The van der Waals surface area contributed by atoms with Crippen LogP contribution in [0.15, 0.2) is 76.3 Å². The van der Waals surface area contributed by atoms with Crippen LogP contribution in [0.25, 0.3) is 11.1 Å². The van der Waals surface area contributed by atoms with Gasteiger partial charge < -0.3 is 20.9 Å². The number of halogens is 2. The van der Waals surface area contributed by atoms with Crippen LogP contribution in [-0.2, 0) is 14.3 Å². The van der Waals surface area contributed by atoms with E-state index in [4.69, 9.17) is 32.5 Å². The molecule has 9 nitrogen and oxygen atoms in total. The van der Waals surface area contributed by atoms with Crippen molar-refractivity contribution >= 4 is 35.1 Å². The number of pyridine rings is 1. The summed E-state index contributed by atoms with van der Waals surface area (Å²) < 4.78 is 24.7. The fourth-order valence-corrected chi connectivity index (χ4v) is 5.50. The molecule has 4 rings (SSSR count). The molecule has 4 N–H and O–H groups in total. The second-order valence-corrected chi connectivity index (χ2v) is 9.82. The minimum absolute atomic E-state index is 0.0112. The van der Waals surface area contributed by atoms with Crippen molar-refractivity contribution in [3.63, 3.8) is 0 Å². The number of allylic oxidation sites excluding steroid dienone is 1. The Morgan fingerprint density at radius 3 is 2.39 bits per heavy atom. The van der Waals surface area contributed by atoms with Crippen LogP contribution in [0.3, 0.4) is 0 Å². The molecule has 3 aromatic rings. The lowest BCUT2D eigenvalue weighted by molar-refractivity contribution is -0.139. The standard InChI is InChI=1S/C29H20ClFN6O3S/c1-2-39-29(38)25-22(40-27(36)19(12-33)24(25)17-5-3-4-6-21(17)30)14-41-28-20(13-34)23(18(11-32)26(35)37-28)15-7-9-16(31)10-8-15/h3-10,24H,2,14,36H2,1H3,(H2,35,37)/t24-/m1/s1. The normalized spacial score (nSPS) is 14.5. The van der Waals surface area contributed by atoms with Crippen molar-refractivity contribution in [2.75, 3.05) is 18.1 Å². The van der Waals surface area contributed by atoms with Gasteiger partial charge in [0.25, 0.3) is 0 Å². The van der Waals surface area contributed by atoms with E-state index in [1.54, 1.807) is 31.2 Å². The first kappa shape index (κ1) is 29.0. The van der Waals surface area contributed by atoms with E-state index < -0.39 is 17.7 Å². The number of hydrogen-bond donors (Lipinski definition) is 2. The van der Waals surface area contributed by atoms with Crippen LogP contribution in [0.1, 0.15) is 29.5 Å². The summed E-state index contributed by atoms with van der Waals surface area (Å²) in [6.45, 7) is 1.68. The average molecular weight is 587 g/mol. The summed E-state index contributed by atoms with van der Waals surface area (Å²) in [6, 6.07) is 18.0. The van der Waals surface area contributed by atoms with Gasteiger partial charge in [-0.05, 0) is 36.2 Å². The lowest BCUT2D eigenvalue weighted by Gasteiger charge is -2.28. The Morgan fingerprint density at radius 2 is 1.78 bits per heavy atom. The number of thioether (sulfide) groups is 1. The molecule has 0 aliphatic carbocycles. The zero-order chi connectivity index (χ0) is 29.7. The fourth-order valence-electron chi connectivity index (χ4n) is 4.32. The molecular weight excluding hydrogens is 567 g/mol. The van der Waals surface area contributed by atoms with Gasteiger partial charge >= 0.3 is 5.97 Å². The summed E-state index contributed by atoms with van der Waals surface area (Å²) in [4.78, 5) is 17.5. The topological polar surface area (TPSA) is 172 Å². The van der Waals surface area contributed by atoms with Gasteiger partial charge in [-0.25, -0.2) is 14.2 Å². The zero-order valence-corrected chi connectivity index (χ0v) is 23.0. The quantitative estimate of drug-likeness (QED) is 0.274. The molecule has 0 bridgehead atoms. The Hall–Kier alpha value is -5.02. The lowest BCUT2D eigenvalue weighted by Crippen LogP contribution is -2.27. The predicted octanol–water partition coefficient (Wildman–Crippen LogP) is 5.28. The van der Waals surface area contributed by atoms with E-state index in [1.165, 1.54) is 24.3 Å². The molecule has 0 radical (unpaired) electrons. The number of hydrogen-bond acceptors (Lipinski definition) is 10. The van der Waals surface area contributed by atoms with Crippen LogP contribution >= 0.6 is 23.4 Å². The molecule has 1 aliphatic rings. The maximum absolute atomic E-state index is 13.6. The number of carbonyl (C=O) groups is 1. The molecule has 0 saturated heterocycles. The van der Waals surface area contributed by atoms with Crippen LogP contribution in [0.2, 0.25) is 5.02 Å². The molecule has 1 aliphatic heterocycles. The van der Waals surface area contributed by atoms with Crippen LogP contribution in [-0.4, -0.2) is 23.3 Å². The monoisotopic (exact) mass is 586 g/mol. The molecule has 12 heteroatoms. The maximum Gasteiger partial charge on any atom is 0.338 e. The number of ether oxygens (including phenoxy) is 2. The minimum Gasteiger partial charge on any atom is -0.463 e. The first-order valence-electron chi connectivity index (χ1n) is 12.0. The van der Waals surface area contributed by atoms with Crippen molar-refractivity contribution in [3.05, 3.63) is 98.8 Å². The highest BCUT2D eigenvalue weighted by molar-refractivity contribution is 7.99. The van der Waals surface area contributed by atoms with Gasteiger partial charge in [-0.15, -0.1) is 0 Å². The van der Waals surface area contributed by atoms with Gasteiger partial charge in [-0.2, -0.15) is 15.8 Å². The van der Waals surface area contributed by atoms with Gasteiger partial charge in [0.1, 0.15) is 51.8 Å². The van der Waals surface area contributed by atoms with E-state index in [0.29, 0.717) is 16.1 Å². The number of benzene rings is 2. The van der Waals surface area contributed by atoms with E-state index in [-0.39, 0.29) is 62.7 Å². The molecule has 0 saturated carbocycles. The Morgan fingerprint density at radius 1 is 1.10 bits per heavy atom. The highest BCUT2D eigenvalue weighted by atomic mass is 35.5. The Labute approximate surface area is 244 Å². The summed E-state index contributed by atoms with van der Waals surface area (Å²) in [5.41, 5.74) is 13.2. The maximum atomic E-state index is 13.6. The third-order valence-electron chi connectivity index (χ3n) is 6.10. The molecule has 1 aromatic heterocycles. The van der Waals surface area contributed by atoms with E-state index in [9.17, 15) is 25.0 Å². The fraction of sp³-hybridized carbons (Fsp3) is 0.138.